The summed E-state index contributed by atoms with van der Waals surface area (Å²) in [5, 5.41) is 3.48. The number of nitrogens with zero attached hydrogens (tertiary/aromatic N) is 1. The highest BCUT2D eigenvalue weighted by atomic mass is 16.5. The van der Waals surface area contributed by atoms with E-state index in [0.29, 0.717) is 18.1 Å². The van der Waals surface area contributed by atoms with E-state index in [2.05, 4.69) is 45.1 Å². The number of nitrogens with one attached hydrogen (secondary N) is 1. The predicted octanol–water partition coefficient (Wildman–Crippen LogP) is 4.41. The summed E-state index contributed by atoms with van der Waals surface area (Å²) >= 11 is 0. The zero-order valence-corrected chi connectivity index (χ0v) is 14.0. The van der Waals surface area contributed by atoms with Gasteiger partial charge in [0, 0.05) is 24.3 Å². The number of hydrogen-bond donors (Lipinski definition) is 1. The van der Waals surface area contributed by atoms with Gasteiger partial charge < -0.3 is 10.1 Å². The van der Waals surface area contributed by atoms with Crippen LogP contribution in [0.3, 0.4) is 0 Å². The van der Waals surface area contributed by atoms with E-state index >= 15 is 0 Å². The van der Waals surface area contributed by atoms with Gasteiger partial charge >= 0.3 is 0 Å². The van der Waals surface area contributed by atoms with Crippen LogP contribution >= 0.6 is 0 Å². The van der Waals surface area contributed by atoms with Crippen molar-refractivity contribution in [2.75, 3.05) is 0 Å². The number of rotatable bonds is 6. The molecule has 1 aliphatic rings. The van der Waals surface area contributed by atoms with E-state index in [1.165, 1.54) is 37.7 Å². The van der Waals surface area contributed by atoms with Crippen LogP contribution in [0.4, 0.5) is 0 Å². The molecule has 2 rings (SSSR count). The number of aromatic nitrogens is 1. The molecule has 0 saturated heterocycles. The minimum absolute atomic E-state index is 0.361. The topological polar surface area (TPSA) is 34.1 Å². The second-order valence-electron chi connectivity index (χ2n) is 6.81. The average molecular weight is 290 g/mol. The molecule has 1 saturated carbocycles. The van der Waals surface area contributed by atoms with Gasteiger partial charge in [0.1, 0.15) is 6.10 Å². The van der Waals surface area contributed by atoms with Gasteiger partial charge in [-0.15, -0.1) is 0 Å². The van der Waals surface area contributed by atoms with Crippen molar-refractivity contribution in [1.82, 2.24) is 10.3 Å². The van der Waals surface area contributed by atoms with E-state index in [9.17, 15) is 0 Å². The normalized spacial score (nSPS) is 16.7. The van der Waals surface area contributed by atoms with Crippen LogP contribution in [0.25, 0.3) is 0 Å². The van der Waals surface area contributed by atoms with Crippen molar-refractivity contribution in [3.05, 3.63) is 23.4 Å². The molecule has 21 heavy (non-hydrogen) atoms. The SMILES string of the molecule is CC(C)NCc1cc(OC2CCCCC2)nc(C(C)C)c1. The number of ether oxygens (including phenoxy) is 1. The van der Waals surface area contributed by atoms with E-state index in [1.807, 2.05) is 0 Å². The van der Waals surface area contributed by atoms with Crippen LogP contribution in [0, 0.1) is 0 Å². The van der Waals surface area contributed by atoms with Crippen molar-refractivity contribution >= 4 is 0 Å². The predicted molar refractivity (Wildman–Crippen MR) is 87.8 cm³/mol. The fraction of sp³-hybridized carbons (Fsp3) is 0.722. The third kappa shape index (κ3) is 5.31. The maximum Gasteiger partial charge on any atom is 0.214 e. The third-order valence-corrected chi connectivity index (χ3v) is 4.03. The molecule has 0 amide bonds. The van der Waals surface area contributed by atoms with Crippen molar-refractivity contribution in [3.63, 3.8) is 0 Å². The lowest BCUT2D eigenvalue weighted by molar-refractivity contribution is 0.148. The lowest BCUT2D eigenvalue weighted by Crippen LogP contribution is -2.23. The first-order valence-corrected chi connectivity index (χ1v) is 8.45. The van der Waals surface area contributed by atoms with Crippen LogP contribution in [0.2, 0.25) is 0 Å². The molecular formula is C18H30N2O. The first kappa shape index (κ1) is 16.3. The smallest absolute Gasteiger partial charge is 0.214 e. The van der Waals surface area contributed by atoms with Gasteiger partial charge in [-0.1, -0.05) is 34.1 Å². The minimum Gasteiger partial charge on any atom is -0.474 e. The van der Waals surface area contributed by atoms with Gasteiger partial charge in [-0.25, -0.2) is 4.98 Å². The van der Waals surface area contributed by atoms with E-state index < -0.39 is 0 Å². The second-order valence-corrected chi connectivity index (χ2v) is 6.81. The summed E-state index contributed by atoms with van der Waals surface area (Å²) in [4.78, 5) is 4.70. The van der Waals surface area contributed by atoms with Crippen molar-refractivity contribution in [2.24, 2.45) is 0 Å². The molecule has 1 aromatic rings. The Balaban J connectivity index is 2.10. The maximum atomic E-state index is 6.15. The third-order valence-electron chi connectivity index (χ3n) is 4.03. The minimum atomic E-state index is 0.361. The molecule has 1 fully saturated rings. The Hall–Kier alpha value is -1.09. The summed E-state index contributed by atoms with van der Waals surface area (Å²) in [6.07, 6.45) is 6.63. The fourth-order valence-electron chi connectivity index (χ4n) is 2.72. The molecule has 0 bridgehead atoms. The first-order chi connectivity index (χ1) is 10.0. The zero-order chi connectivity index (χ0) is 15.2. The molecule has 1 N–H and O–H groups in total. The average Bonchev–Trinajstić information content (AvgIpc) is 2.46. The molecule has 118 valence electrons. The summed E-state index contributed by atoms with van der Waals surface area (Å²) in [6.45, 7) is 9.59. The quantitative estimate of drug-likeness (QED) is 0.842. The van der Waals surface area contributed by atoms with Gasteiger partial charge in [-0.3, -0.25) is 0 Å². The summed E-state index contributed by atoms with van der Waals surface area (Å²) in [5.74, 6) is 1.24. The Kier molecular flexibility index (Phi) is 6.04. The summed E-state index contributed by atoms with van der Waals surface area (Å²) in [5.41, 5.74) is 2.40. The Bertz CT molecular complexity index is 437. The largest absolute Gasteiger partial charge is 0.474 e. The monoisotopic (exact) mass is 290 g/mol. The van der Waals surface area contributed by atoms with Crippen molar-refractivity contribution in [3.8, 4) is 5.88 Å². The molecule has 0 atom stereocenters. The van der Waals surface area contributed by atoms with Gasteiger partial charge in [0.15, 0.2) is 0 Å². The molecule has 0 aliphatic heterocycles. The molecule has 0 aromatic carbocycles. The summed E-state index contributed by atoms with van der Waals surface area (Å²) in [6, 6.07) is 4.80. The Morgan fingerprint density at radius 1 is 1.14 bits per heavy atom. The van der Waals surface area contributed by atoms with Gasteiger partial charge in [-0.05, 0) is 43.2 Å². The number of pyridine rings is 1. The first-order valence-electron chi connectivity index (χ1n) is 8.45. The zero-order valence-electron chi connectivity index (χ0n) is 14.0. The van der Waals surface area contributed by atoms with Crippen molar-refractivity contribution in [1.29, 1.82) is 0 Å². The highest BCUT2D eigenvalue weighted by molar-refractivity contribution is 5.27. The molecule has 0 unspecified atom stereocenters. The van der Waals surface area contributed by atoms with Crippen LogP contribution in [-0.2, 0) is 6.54 Å². The molecule has 3 heteroatoms. The summed E-state index contributed by atoms with van der Waals surface area (Å²) in [7, 11) is 0. The van der Waals surface area contributed by atoms with Crippen molar-refractivity contribution in [2.45, 2.75) is 84.4 Å². The van der Waals surface area contributed by atoms with Crippen LogP contribution in [0.1, 0.15) is 77.0 Å². The van der Waals surface area contributed by atoms with E-state index in [4.69, 9.17) is 9.72 Å². The molecule has 1 aliphatic carbocycles. The van der Waals surface area contributed by atoms with Gasteiger partial charge in [0.25, 0.3) is 0 Å². The second kappa shape index (κ2) is 7.79. The van der Waals surface area contributed by atoms with Gasteiger partial charge in [0.2, 0.25) is 5.88 Å². The molecule has 1 aromatic heterocycles. The fourth-order valence-corrected chi connectivity index (χ4v) is 2.72. The highest BCUT2D eigenvalue weighted by Crippen LogP contribution is 2.25. The lowest BCUT2D eigenvalue weighted by Gasteiger charge is -2.23. The Morgan fingerprint density at radius 2 is 1.86 bits per heavy atom. The Labute approximate surface area is 129 Å². The van der Waals surface area contributed by atoms with Gasteiger partial charge in [-0.2, -0.15) is 0 Å². The molecule has 0 radical (unpaired) electrons. The number of hydrogen-bond acceptors (Lipinski definition) is 3. The molecule has 1 heterocycles. The standard InChI is InChI=1S/C18H30N2O/c1-13(2)17-10-15(12-19-14(3)4)11-18(20-17)21-16-8-6-5-7-9-16/h10-11,13-14,16,19H,5-9,12H2,1-4H3. The van der Waals surface area contributed by atoms with Gasteiger partial charge in [0.05, 0.1) is 0 Å². The van der Waals surface area contributed by atoms with Crippen molar-refractivity contribution < 1.29 is 4.74 Å². The Morgan fingerprint density at radius 3 is 2.48 bits per heavy atom. The highest BCUT2D eigenvalue weighted by Gasteiger charge is 2.16. The van der Waals surface area contributed by atoms with Crippen LogP contribution in [0.15, 0.2) is 12.1 Å². The molecular weight excluding hydrogens is 260 g/mol. The van der Waals surface area contributed by atoms with E-state index in [1.54, 1.807) is 0 Å². The summed E-state index contributed by atoms with van der Waals surface area (Å²) < 4.78 is 6.15. The van der Waals surface area contributed by atoms with Crippen LogP contribution < -0.4 is 10.1 Å². The lowest BCUT2D eigenvalue weighted by atomic mass is 9.98. The van der Waals surface area contributed by atoms with E-state index in [0.717, 1.165) is 18.1 Å². The maximum absolute atomic E-state index is 6.15. The molecule has 3 nitrogen and oxygen atoms in total. The molecule has 0 spiro atoms. The van der Waals surface area contributed by atoms with Crippen LogP contribution in [-0.4, -0.2) is 17.1 Å². The van der Waals surface area contributed by atoms with Crippen LogP contribution in [0.5, 0.6) is 5.88 Å². The van der Waals surface area contributed by atoms with E-state index in [-0.39, 0.29) is 0 Å².